The molecule has 0 radical (unpaired) electrons. The largest absolute Gasteiger partial charge is 0.497 e. The summed E-state index contributed by atoms with van der Waals surface area (Å²) in [5.74, 6) is -0.00384. The SMILES string of the molecule is COc1ccc(O[C@H](C)C(=O)Nc2ccc(F)cc2)c(C=O)c1. The molecule has 0 spiro atoms. The molecule has 2 aromatic rings. The van der Waals surface area contributed by atoms with Gasteiger partial charge in [-0.1, -0.05) is 0 Å². The van der Waals surface area contributed by atoms with Crippen LogP contribution in [0.2, 0.25) is 0 Å². The van der Waals surface area contributed by atoms with E-state index in [-0.39, 0.29) is 17.1 Å². The van der Waals surface area contributed by atoms with Crippen LogP contribution in [0.15, 0.2) is 42.5 Å². The Kier molecular flexibility index (Phi) is 5.30. The van der Waals surface area contributed by atoms with Crippen LogP contribution in [0.25, 0.3) is 0 Å². The van der Waals surface area contributed by atoms with Gasteiger partial charge in [0, 0.05) is 5.69 Å². The van der Waals surface area contributed by atoms with Gasteiger partial charge in [0.2, 0.25) is 0 Å². The van der Waals surface area contributed by atoms with Gasteiger partial charge in [-0.2, -0.15) is 0 Å². The summed E-state index contributed by atoms with van der Waals surface area (Å²) in [6, 6.07) is 10.1. The number of hydrogen-bond acceptors (Lipinski definition) is 4. The first-order chi connectivity index (χ1) is 11.0. The summed E-state index contributed by atoms with van der Waals surface area (Å²) in [6.45, 7) is 1.55. The number of anilines is 1. The highest BCUT2D eigenvalue weighted by atomic mass is 19.1. The molecule has 1 amide bonds. The first kappa shape index (κ1) is 16.5. The van der Waals surface area contributed by atoms with Crippen LogP contribution in [0.5, 0.6) is 11.5 Å². The minimum atomic E-state index is -0.841. The normalized spacial score (nSPS) is 11.4. The second-order valence-electron chi connectivity index (χ2n) is 4.78. The van der Waals surface area contributed by atoms with E-state index in [2.05, 4.69) is 5.32 Å². The molecule has 1 N–H and O–H groups in total. The number of carbonyl (C=O) groups is 2. The summed E-state index contributed by atoms with van der Waals surface area (Å²) >= 11 is 0. The van der Waals surface area contributed by atoms with Crippen molar-refractivity contribution in [2.75, 3.05) is 12.4 Å². The molecule has 120 valence electrons. The molecule has 0 fully saturated rings. The van der Waals surface area contributed by atoms with Crippen LogP contribution in [0.1, 0.15) is 17.3 Å². The molecule has 0 aliphatic rings. The third kappa shape index (κ3) is 4.29. The van der Waals surface area contributed by atoms with Crippen LogP contribution >= 0.6 is 0 Å². The van der Waals surface area contributed by atoms with Crippen LogP contribution in [0.4, 0.5) is 10.1 Å². The molecule has 0 aliphatic heterocycles. The summed E-state index contributed by atoms with van der Waals surface area (Å²) in [6.07, 6.45) is -0.213. The van der Waals surface area contributed by atoms with Crippen molar-refractivity contribution in [2.45, 2.75) is 13.0 Å². The van der Waals surface area contributed by atoms with Gasteiger partial charge in [-0.15, -0.1) is 0 Å². The summed E-state index contributed by atoms with van der Waals surface area (Å²) in [4.78, 5) is 23.2. The van der Waals surface area contributed by atoms with E-state index in [4.69, 9.17) is 9.47 Å². The average molecular weight is 317 g/mol. The smallest absolute Gasteiger partial charge is 0.265 e. The molecule has 6 heteroatoms. The molecule has 0 saturated heterocycles. The van der Waals surface area contributed by atoms with Crippen molar-refractivity contribution in [1.29, 1.82) is 0 Å². The van der Waals surface area contributed by atoms with E-state index in [1.165, 1.54) is 37.4 Å². The fourth-order valence-corrected chi connectivity index (χ4v) is 1.87. The second-order valence-corrected chi connectivity index (χ2v) is 4.78. The lowest BCUT2D eigenvalue weighted by Gasteiger charge is -2.16. The van der Waals surface area contributed by atoms with E-state index in [1.54, 1.807) is 19.1 Å². The number of benzene rings is 2. The molecule has 0 heterocycles. The first-order valence-corrected chi connectivity index (χ1v) is 6.90. The lowest BCUT2D eigenvalue weighted by molar-refractivity contribution is -0.122. The number of carbonyl (C=O) groups excluding carboxylic acids is 2. The Bertz CT molecular complexity index is 700. The molecular weight excluding hydrogens is 301 g/mol. The van der Waals surface area contributed by atoms with E-state index in [0.717, 1.165) is 0 Å². The maximum atomic E-state index is 12.8. The zero-order valence-electron chi connectivity index (χ0n) is 12.7. The number of aldehydes is 1. The van der Waals surface area contributed by atoms with E-state index < -0.39 is 12.0 Å². The minimum Gasteiger partial charge on any atom is -0.497 e. The molecule has 5 nitrogen and oxygen atoms in total. The third-order valence-corrected chi connectivity index (χ3v) is 3.13. The standard InChI is InChI=1S/C17H16FNO4/c1-11(17(21)19-14-5-3-13(18)4-6-14)23-16-8-7-15(22-2)9-12(16)10-20/h3-11H,1-2H3,(H,19,21)/t11-/m1/s1. The Morgan fingerprint density at radius 2 is 1.91 bits per heavy atom. The fraction of sp³-hybridized carbons (Fsp3) is 0.176. The molecule has 23 heavy (non-hydrogen) atoms. The van der Waals surface area contributed by atoms with Gasteiger partial charge in [0.25, 0.3) is 5.91 Å². The predicted molar refractivity (Wildman–Crippen MR) is 83.5 cm³/mol. The van der Waals surface area contributed by atoms with Gasteiger partial charge < -0.3 is 14.8 Å². The lowest BCUT2D eigenvalue weighted by atomic mass is 10.2. The van der Waals surface area contributed by atoms with E-state index in [9.17, 15) is 14.0 Å². The maximum absolute atomic E-state index is 12.8. The molecular formula is C17H16FNO4. The summed E-state index contributed by atoms with van der Waals surface area (Å²) in [5, 5.41) is 2.61. The van der Waals surface area contributed by atoms with Crippen LogP contribution in [-0.2, 0) is 4.79 Å². The monoisotopic (exact) mass is 317 g/mol. The van der Waals surface area contributed by atoms with Gasteiger partial charge >= 0.3 is 0 Å². The van der Waals surface area contributed by atoms with Gasteiger partial charge in [-0.25, -0.2) is 4.39 Å². The van der Waals surface area contributed by atoms with Crippen LogP contribution in [0.3, 0.4) is 0 Å². The highest BCUT2D eigenvalue weighted by molar-refractivity contribution is 5.94. The zero-order chi connectivity index (χ0) is 16.8. The van der Waals surface area contributed by atoms with Gasteiger partial charge in [0.05, 0.1) is 12.7 Å². The van der Waals surface area contributed by atoms with Crippen LogP contribution in [0, 0.1) is 5.82 Å². The Morgan fingerprint density at radius 1 is 1.22 bits per heavy atom. The quantitative estimate of drug-likeness (QED) is 0.832. The Balaban J connectivity index is 2.06. The number of ether oxygens (including phenoxy) is 2. The Labute approximate surface area is 133 Å². The van der Waals surface area contributed by atoms with Crippen molar-refractivity contribution in [2.24, 2.45) is 0 Å². The van der Waals surface area contributed by atoms with Crippen molar-refractivity contribution >= 4 is 17.9 Å². The number of nitrogens with one attached hydrogen (secondary N) is 1. The van der Waals surface area contributed by atoms with Crippen molar-refractivity contribution in [3.05, 3.63) is 53.8 Å². The topological polar surface area (TPSA) is 64.6 Å². The highest BCUT2D eigenvalue weighted by Gasteiger charge is 2.17. The summed E-state index contributed by atoms with van der Waals surface area (Å²) in [5.41, 5.74) is 0.739. The van der Waals surface area contributed by atoms with Crippen molar-refractivity contribution in [1.82, 2.24) is 0 Å². The van der Waals surface area contributed by atoms with E-state index in [0.29, 0.717) is 17.7 Å². The van der Waals surface area contributed by atoms with Crippen molar-refractivity contribution < 1.29 is 23.5 Å². The first-order valence-electron chi connectivity index (χ1n) is 6.90. The Morgan fingerprint density at radius 3 is 2.52 bits per heavy atom. The number of hydrogen-bond donors (Lipinski definition) is 1. The molecule has 0 aromatic heterocycles. The van der Waals surface area contributed by atoms with E-state index >= 15 is 0 Å². The molecule has 0 bridgehead atoms. The predicted octanol–water partition coefficient (Wildman–Crippen LogP) is 3.05. The average Bonchev–Trinajstić information content (AvgIpc) is 2.57. The minimum absolute atomic E-state index is 0.280. The number of halogens is 1. The molecule has 1 atom stereocenters. The molecule has 2 aromatic carbocycles. The molecule has 2 rings (SSSR count). The molecule has 0 unspecified atom stereocenters. The summed E-state index contributed by atoms with van der Waals surface area (Å²) < 4.78 is 23.4. The third-order valence-electron chi connectivity index (χ3n) is 3.13. The van der Waals surface area contributed by atoms with Crippen LogP contribution in [-0.4, -0.2) is 25.4 Å². The van der Waals surface area contributed by atoms with Gasteiger partial charge in [-0.3, -0.25) is 9.59 Å². The number of rotatable bonds is 6. The van der Waals surface area contributed by atoms with Crippen molar-refractivity contribution in [3.8, 4) is 11.5 Å². The van der Waals surface area contributed by atoms with Crippen molar-refractivity contribution in [3.63, 3.8) is 0 Å². The fourth-order valence-electron chi connectivity index (χ4n) is 1.87. The lowest BCUT2D eigenvalue weighted by Crippen LogP contribution is -2.30. The number of amides is 1. The van der Waals surface area contributed by atoms with Gasteiger partial charge in [-0.05, 0) is 49.4 Å². The van der Waals surface area contributed by atoms with E-state index in [1.807, 2.05) is 0 Å². The zero-order valence-corrected chi connectivity index (χ0v) is 12.7. The number of methoxy groups -OCH3 is 1. The Hall–Kier alpha value is -2.89. The summed E-state index contributed by atoms with van der Waals surface area (Å²) in [7, 11) is 1.49. The van der Waals surface area contributed by atoms with Gasteiger partial charge in [0.15, 0.2) is 12.4 Å². The second kappa shape index (κ2) is 7.40. The van der Waals surface area contributed by atoms with Crippen LogP contribution < -0.4 is 14.8 Å². The van der Waals surface area contributed by atoms with Gasteiger partial charge in [0.1, 0.15) is 17.3 Å². The molecule has 0 saturated carbocycles. The highest BCUT2D eigenvalue weighted by Crippen LogP contribution is 2.24. The maximum Gasteiger partial charge on any atom is 0.265 e. The molecule has 0 aliphatic carbocycles.